The molecule has 0 radical (unpaired) electrons. The van der Waals surface area contributed by atoms with Gasteiger partial charge in [0.15, 0.2) is 0 Å². The highest BCUT2D eigenvalue weighted by Gasteiger charge is 2.38. The number of rotatable bonds is 8. The molecule has 2 rings (SSSR count). The van der Waals surface area contributed by atoms with E-state index in [1.54, 1.807) is 6.92 Å². The van der Waals surface area contributed by atoms with E-state index in [1.807, 2.05) is 18.2 Å². The van der Waals surface area contributed by atoms with Crippen molar-refractivity contribution in [3.05, 3.63) is 35.9 Å². The minimum absolute atomic E-state index is 0.0456. The van der Waals surface area contributed by atoms with Crippen LogP contribution in [-0.4, -0.2) is 18.2 Å². The van der Waals surface area contributed by atoms with Gasteiger partial charge in [-0.15, -0.1) is 0 Å². The molecule has 24 heavy (non-hydrogen) atoms. The molecule has 3 heteroatoms. The van der Waals surface area contributed by atoms with Crippen LogP contribution < -0.4 is 0 Å². The molecular weight excluding hydrogens is 300 g/mol. The highest BCUT2D eigenvalue weighted by Crippen LogP contribution is 2.37. The van der Waals surface area contributed by atoms with E-state index in [4.69, 9.17) is 4.74 Å². The molecule has 0 N–H and O–H groups in total. The van der Waals surface area contributed by atoms with E-state index in [0.29, 0.717) is 37.8 Å². The van der Waals surface area contributed by atoms with Gasteiger partial charge in [-0.25, -0.2) is 0 Å². The average molecular weight is 330 g/mol. The highest BCUT2D eigenvalue weighted by atomic mass is 16.5. The molecule has 1 aromatic carbocycles. The van der Waals surface area contributed by atoms with Crippen LogP contribution in [0.4, 0.5) is 0 Å². The number of hydrogen-bond donors (Lipinski definition) is 0. The summed E-state index contributed by atoms with van der Waals surface area (Å²) >= 11 is 0. The predicted octanol–water partition coefficient (Wildman–Crippen LogP) is 4.44. The van der Waals surface area contributed by atoms with Crippen LogP contribution in [0, 0.1) is 23.7 Å². The zero-order valence-corrected chi connectivity index (χ0v) is 15.2. The summed E-state index contributed by atoms with van der Waals surface area (Å²) in [5, 5.41) is 0. The van der Waals surface area contributed by atoms with Gasteiger partial charge < -0.3 is 9.53 Å². The molecule has 0 bridgehead atoms. The van der Waals surface area contributed by atoms with Crippen molar-refractivity contribution in [2.45, 2.75) is 53.1 Å². The molecule has 0 aliphatic heterocycles. The van der Waals surface area contributed by atoms with Crippen molar-refractivity contribution in [1.29, 1.82) is 0 Å². The summed E-state index contributed by atoms with van der Waals surface area (Å²) in [5.41, 5.74) is 1.16. The molecule has 0 saturated heterocycles. The Labute approximate surface area is 145 Å². The number of hydrogen-bond acceptors (Lipinski definition) is 3. The molecule has 1 aliphatic carbocycles. The molecule has 0 heterocycles. The van der Waals surface area contributed by atoms with Crippen molar-refractivity contribution in [3.63, 3.8) is 0 Å². The quantitative estimate of drug-likeness (QED) is 0.708. The number of Topliss-reactive ketones (excluding diaryl/α,β-unsaturated/α-hetero) is 2. The molecule has 1 aliphatic rings. The first-order valence-corrected chi connectivity index (χ1v) is 9.14. The average Bonchev–Trinajstić information content (AvgIpc) is 2.55. The van der Waals surface area contributed by atoms with Crippen molar-refractivity contribution < 1.29 is 14.3 Å². The lowest BCUT2D eigenvalue weighted by Crippen LogP contribution is -2.38. The van der Waals surface area contributed by atoms with E-state index in [9.17, 15) is 9.59 Å². The molecule has 132 valence electrons. The Morgan fingerprint density at radius 3 is 2.62 bits per heavy atom. The van der Waals surface area contributed by atoms with Gasteiger partial charge in [0.25, 0.3) is 0 Å². The number of benzene rings is 1. The van der Waals surface area contributed by atoms with Crippen molar-refractivity contribution in [3.8, 4) is 0 Å². The molecule has 0 amide bonds. The first kappa shape index (κ1) is 18.9. The highest BCUT2D eigenvalue weighted by molar-refractivity contribution is 5.85. The van der Waals surface area contributed by atoms with E-state index in [0.717, 1.165) is 18.4 Å². The largest absolute Gasteiger partial charge is 0.376 e. The fourth-order valence-corrected chi connectivity index (χ4v) is 3.74. The Kier molecular flexibility index (Phi) is 7.16. The van der Waals surface area contributed by atoms with Gasteiger partial charge in [0.2, 0.25) is 0 Å². The summed E-state index contributed by atoms with van der Waals surface area (Å²) < 4.78 is 5.84. The summed E-state index contributed by atoms with van der Waals surface area (Å²) in [7, 11) is 0. The lowest BCUT2D eigenvalue weighted by Gasteiger charge is -2.35. The second-order valence-electron chi connectivity index (χ2n) is 7.39. The Morgan fingerprint density at radius 2 is 1.96 bits per heavy atom. The molecule has 0 unspecified atom stereocenters. The van der Waals surface area contributed by atoms with Crippen LogP contribution in [0.25, 0.3) is 0 Å². The van der Waals surface area contributed by atoms with Crippen LogP contribution in [-0.2, 0) is 20.9 Å². The molecule has 1 fully saturated rings. The van der Waals surface area contributed by atoms with Crippen molar-refractivity contribution in [1.82, 2.24) is 0 Å². The number of carbonyl (C=O) groups is 2. The first-order chi connectivity index (χ1) is 11.5. The van der Waals surface area contributed by atoms with Crippen molar-refractivity contribution >= 4 is 11.6 Å². The van der Waals surface area contributed by atoms with Gasteiger partial charge in [-0.2, -0.15) is 0 Å². The smallest absolute Gasteiger partial charge is 0.139 e. The van der Waals surface area contributed by atoms with Crippen LogP contribution in [0.2, 0.25) is 0 Å². The van der Waals surface area contributed by atoms with Gasteiger partial charge in [0.05, 0.1) is 13.2 Å². The summed E-state index contributed by atoms with van der Waals surface area (Å²) in [6.45, 7) is 7.08. The summed E-state index contributed by atoms with van der Waals surface area (Å²) in [5.74, 6) is 1.28. The molecule has 0 spiro atoms. The molecular formula is C21H30O3. The minimum atomic E-state index is 0.0456. The van der Waals surface area contributed by atoms with E-state index >= 15 is 0 Å². The third-order valence-electron chi connectivity index (χ3n) is 5.34. The van der Waals surface area contributed by atoms with Crippen LogP contribution in [0.3, 0.4) is 0 Å². The van der Waals surface area contributed by atoms with E-state index in [1.165, 1.54) is 0 Å². The molecule has 0 aromatic heterocycles. The predicted molar refractivity (Wildman–Crippen MR) is 95.6 cm³/mol. The first-order valence-electron chi connectivity index (χ1n) is 9.14. The van der Waals surface area contributed by atoms with Gasteiger partial charge in [-0.3, -0.25) is 4.79 Å². The third-order valence-corrected chi connectivity index (χ3v) is 5.34. The monoisotopic (exact) mass is 330 g/mol. The van der Waals surface area contributed by atoms with Crippen molar-refractivity contribution in [2.24, 2.45) is 23.7 Å². The van der Waals surface area contributed by atoms with Gasteiger partial charge in [-0.1, -0.05) is 44.2 Å². The van der Waals surface area contributed by atoms with E-state index in [2.05, 4.69) is 26.0 Å². The SMILES string of the molecule is CC(=O)CC[C@H]1C(=O)[C@H]([C@@H](C)COCc2ccccc2)CC[C@H]1C. The number of carbonyl (C=O) groups excluding carboxylic acids is 2. The third kappa shape index (κ3) is 5.27. The minimum Gasteiger partial charge on any atom is -0.376 e. The summed E-state index contributed by atoms with van der Waals surface area (Å²) in [4.78, 5) is 24.1. The van der Waals surface area contributed by atoms with E-state index in [-0.39, 0.29) is 23.5 Å². The second kappa shape index (κ2) is 9.12. The lowest BCUT2D eigenvalue weighted by molar-refractivity contribution is -0.134. The van der Waals surface area contributed by atoms with Gasteiger partial charge in [0.1, 0.15) is 11.6 Å². The fraction of sp³-hybridized carbons (Fsp3) is 0.619. The zero-order valence-electron chi connectivity index (χ0n) is 15.2. The Balaban J connectivity index is 1.85. The Morgan fingerprint density at radius 1 is 1.25 bits per heavy atom. The fourth-order valence-electron chi connectivity index (χ4n) is 3.74. The summed E-state index contributed by atoms with van der Waals surface area (Å²) in [6, 6.07) is 10.1. The second-order valence-corrected chi connectivity index (χ2v) is 7.39. The maximum absolute atomic E-state index is 12.9. The van der Waals surface area contributed by atoms with Crippen LogP contribution >= 0.6 is 0 Å². The van der Waals surface area contributed by atoms with Crippen LogP contribution in [0.15, 0.2) is 30.3 Å². The lowest BCUT2D eigenvalue weighted by atomic mass is 9.68. The maximum Gasteiger partial charge on any atom is 0.139 e. The van der Waals surface area contributed by atoms with Crippen LogP contribution in [0.1, 0.15) is 52.0 Å². The van der Waals surface area contributed by atoms with Gasteiger partial charge >= 0.3 is 0 Å². The number of ether oxygens (including phenoxy) is 1. The van der Waals surface area contributed by atoms with Gasteiger partial charge in [0, 0.05) is 18.3 Å². The normalized spacial score (nSPS) is 25.5. The Hall–Kier alpha value is -1.48. The molecule has 1 aromatic rings. The molecule has 3 nitrogen and oxygen atoms in total. The summed E-state index contributed by atoms with van der Waals surface area (Å²) in [6.07, 6.45) is 3.25. The number of ketones is 2. The standard InChI is InChI=1S/C21H30O3/c1-15-9-11-20(21(23)19(15)12-10-17(3)22)16(2)13-24-14-18-7-5-4-6-8-18/h4-8,15-16,19-20H,9-14H2,1-3H3/t15-,16+,19-,20+/m1/s1. The van der Waals surface area contributed by atoms with Gasteiger partial charge in [-0.05, 0) is 43.6 Å². The maximum atomic E-state index is 12.9. The molecule has 1 saturated carbocycles. The van der Waals surface area contributed by atoms with Crippen molar-refractivity contribution in [2.75, 3.05) is 6.61 Å². The topological polar surface area (TPSA) is 43.4 Å². The molecule has 4 atom stereocenters. The Bertz CT molecular complexity index is 537. The van der Waals surface area contributed by atoms with E-state index < -0.39 is 0 Å². The zero-order chi connectivity index (χ0) is 17.5. The van der Waals surface area contributed by atoms with Crippen LogP contribution in [0.5, 0.6) is 0 Å².